The monoisotopic (exact) mass is 254 g/mol. The largest absolute Gasteiger partial charge is 0.496 e. The normalized spacial score (nSPS) is 13.8. The van der Waals surface area contributed by atoms with Crippen molar-refractivity contribution < 1.29 is 13.9 Å². The number of ether oxygens (including phenoxy) is 1. The Kier molecular flexibility index (Phi) is 5.09. The summed E-state index contributed by atoms with van der Waals surface area (Å²) in [5, 5.41) is 2.78. The van der Waals surface area contributed by atoms with E-state index in [1.165, 1.54) is 19.2 Å². The molecule has 1 rings (SSSR count). The van der Waals surface area contributed by atoms with E-state index in [2.05, 4.69) is 5.32 Å². The van der Waals surface area contributed by atoms with Crippen molar-refractivity contribution >= 4 is 5.91 Å². The molecule has 5 heteroatoms. The smallest absolute Gasteiger partial charge is 0.224 e. The van der Waals surface area contributed by atoms with E-state index in [1.54, 1.807) is 19.9 Å². The van der Waals surface area contributed by atoms with E-state index in [1.807, 2.05) is 0 Å². The van der Waals surface area contributed by atoms with E-state index in [0.717, 1.165) is 0 Å². The highest BCUT2D eigenvalue weighted by Gasteiger charge is 2.17. The number of methoxy groups -OCH3 is 1. The summed E-state index contributed by atoms with van der Waals surface area (Å²) in [5.74, 6) is -0.244. The predicted octanol–water partition coefficient (Wildman–Crippen LogP) is 1.61. The average molecular weight is 254 g/mol. The molecule has 0 bridgehead atoms. The first kappa shape index (κ1) is 14.4. The van der Waals surface area contributed by atoms with Crippen molar-refractivity contribution in [2.75, 3.05) is 13.7 Å². The van der Waals surface area contributed by atoms with Crippen LogP contribution in [0.1, 0.15) is 25.5 Å². The van der Waals surface area contributed by atoms with Crippen molar-refractivity contribution in [1.29, 1.82) is 0 Å². The van der Waals surface area contributed by atoms with Crippen LogP contribution in [0.15, 0.2) is 18.2 Å². The summed E-state index contributed by atoms with van der Waals surface area (Å²) < 4.78 is 18.4. The van der Waals surface area contributed by atoms with E-state index in [-0.39, 0.29) is 30.2 Å². The zero-order valence-corrected chi connectivity index (χ0v) is 10.9. The van der Waals surface area contributed by atoms with Gasteiger partial charge < -0.3 is 15.8 Å². The van der Waals surface area contributed by atoms with E-state index in [4.69, 9.17) is 10.5 Å². The number of halogens is 1. The van der Waals surface area contributed by atoms with E-state index < -0.39 is 0 Å². The molecule has 0 heterocycles. The summed E-state index contributed by atoms with van der Waals surface area (Å²) in [6.45, 7) is 3.79. The van der Waals surface area contributed by atoms with Crippen molar-refractivity contribution in [2.45, 2.75) is 19.9 Å². The molecule has 0 fully saturated rings. The van der Waals surface area contributed by atoms with Crippen LogP contribution in [0.2, 0.25) is 0 Å². The second kappa shape index (κ2) is 6.35. The van der Waals surface area contributed by atoms with Gasteiger partial charge >= 0.3 is 0 Å². The number of hydrogen-bond donors (Lipinski definition) is 2. The van der Waals surface area contributed by atoms with Crippen LogP contribution in [0.4, 0.5) is 4.39 Å². The molecule has 1 aromatic rings. The Hall–Kier alpha value is -1.62. The van der Waals surface area contributed by atoms with Gasteiger partial charge in [0.25, 0.3) is 0 Å². The Bertz CT molecular complexity index is 423. The summed E-state index contributed by atoms with van der Waals surface area (Å²) in [6, 6.07) is 3.88. The molecule has 2 unspecified atom stereocenters. The minimum absolute atomic E-state index is 0.156. The van der Waals surface area contributed by atoms with Crippen molar-refractivity contribution in [3.8, 4) is 5.75 Å². The van der Waals surface area contributed by atoms with Crippen LogP contribution in [0.5, 0.6) is 5.75 Å². The molecule has 0 aliphatic carbocycles. The van der Waals surface area contributed by atoms with Crippen LogP contribution in [0.25, 0.3) is 0 Å². The first-order valence-corrected chi connectivity index (χ1v) is 5.83. The van der Waals surface area contributed by atoms with Gasteiger partial charge in [-0.05, 0) is 25.1 Å². The predicted molar refractivity (Wildman–Crippen MR) is 67.7 cm³/mol. The number of nitrogens with two attached hydrogens (primary N) is 1. The number of carbonyl (C=O) groups excluding carboxylic acids is 1. The van der Waals surface area contributed by atoms with Crippen molar-refractivity contribution in [3.05, 3.63) is 29.6 Å². The fraction of sp³-hybridized carbons (Fsp3) is 0.462. The molecule has 0 saturated heterocycles. The number of amides is 1. The molecule has 0 spiro atoms. The molecule has 0 radical (unpaired) electrons. The molecule has 2 atom stereocenters. The number of carbonyl (C=O) groups is 1. The summed E-state index contributed by atoms with van der Waals surface area (Å²) >= 11 is 0. The van der Waals surface area contributed by atoms with Gasteiger partial charge in [0.15, 0.2) is 0 Å². The molecule has 0 saturated carbocycles. The maximum atomic E-state index is 13.2. The van der Waals surface area contributed by atoms with Crippen LogP contribution in [0.3, 0.4) is 0 Å². The van der Waals surface area contributed by atoms with Gasteiger partial charge in [-0.3, -0.25) is 4.79 Å². The number of benzene rings is 1. The Morgan fingerprint density at radius 3 is 2.72 bits per heavy atom. The SMILES string of the molecule is COc1ccc(F)cc1C(C)NC(=O)C(C)CN. The van der Waals surface area contributed by atoms with E-state index >= 15 is 0 Å². The number of rotatable bonds is 5. The van der Waals surface area contributed by atoms with Crippen molar-refractivity contribution in [2.24, 2.45) is 11.7 Å². The summed E-state index contributed by atoms with van der Waals surface area (Å²) in [6.07, 6.45) is 0. The van der Waals surface area contributed by atoms with Gasteiger partial charge in [-0.15, -0.1) is 0 Å². The summed E-state index contributed by atoms with van der Waals surface area (Å²) in [5.41, 5.74) is 6.03. The molecule has 1 aromatic carbocycles. The fourth-order valence-electron chi connectivity index (χ4n) is 1.58. The van der Waals surface area contributed by atoms with Gasteiger partial charge in [0, 0.05) is 18.0 Å². The minimum atomic E-state index is -0.362. The van der Waals surface area contributed by atoms with Crippen molar-refractivity contribution in [3.63, 3.8) is 0 Å². The zero-order chi connectivity index (χ0) is 13.7. The van der Waals surface area contributed by atoms with Crippen LogP contribution in [-0.2, 0) is 4.79 Å². The first-order valence-electron chi connectivity index (χ1n) is 5.83. The summed E-state index contributed by atoms with van der Waals surface area (Å²) in [7, 11) is 1.51. The second-order valence-corrected chi connectivity index (χ2v) is 4.25. The van der Waals surface area contributed by atoms with Gasteiger partial charge in [0.1, 0.15) is 11.6 Å². The van der Waals surface area contributed by atoms with E-state index in [9.17, 15) is 9.18 Å². The maximum Gasteiger partial charge on any atom is 0.224 e. The fourth-order valence-corrected chi connectivity index (χ4v) is 1.58. The maximum absolute atomic E-state index is 13.2. The lowest BCUT2D eigenvalue weighted by Gasteiger charge is -2.19. The van der Waals surface area contributed by atoms with Gasteiger partial charge in [-0.1, -0.05) is 6.92 Å². The molecular weight excluding hydrogens is 235 g/mol. The Morgan fingerprint density at radius 2 is 2.17 bits per heavy atom. The van der Waals surface area contributed by atoms with Crippen LogP contribution < -0.4 is 15.8 Å². The van der Waals surface area contributed by atoms with Crippen molar-refractivity contribution in [1.82, 2.24) is 5.32 Å². The molecule has 100 valence electrons. The standard InChI is InChI=1S/C13H19FN2O2/c1-8(7-15)13(17)16-9(2)11-6-10(14)4-5-12(11)18-3/h4-6,8-9H,7,15H2,1-3H3,(H,16,17). The van der Waals surface area contributed by atoms with E-state index in [0.29, 0.717) is 11.3 Å². The summed E-state index contributed by atoms with van der Waals surface area (Å²) in [4.78, 5) is 11.7. The first-order chi connectivity index (χ1) is 8.49. The van der Waals surface area contributed by atoms with Crippen LogP contribution >= 0.6 is 0 Å². The minimum Gasteiger partial charge on any atom is -0.496 e. The van der Waals surface area contributed by atoms with Gasteiger partial charge in [-0.2, -0.15) is 0 Å². The highest BCUT2D eigenvalue weighted by atomic mass is 19.1. The average Bonchev–Trinajstić information content (AvgIpc) is 2.37. The lowest BCUT2D eigenvalue weighted by molar-refractivity contribution is -0.124. The topological polar surface area (TPSA) is 64.3 Å². The molecule has 18 heavy (non-hydrogen) atoms. The molecule has 0 aliphatic heterocycles. The highest BCUT2D eigenvalue weighted by molar-refractivity contribution is 5.79. The third-order valence-electron chi connectivity index (χ3n) is 2.82. The van der Waals surface area contributed by atoms with Crippen LogP contribution in [0, 0.1) is 11.7 Å². The molecule has 0 aliphatic rings. The second-order valence-electron chi connectivity index (χ2n) is 4.25. The molecule has 4 nitrogen and oxygen atoms in total. The Morgan fingerprint density at radius 1 is 1.50 bits per heavy atom. The number of hydrogen-bond acceptors (Lipinski definition) is 3. The number of nitrogens with one attached hydrogen (secondary N) is 1. The van der Waals surface area contributed by atoms with Crippen LogP contribution in [-0.4, -0.2) is 19.6 Å². The highest BCUT2D eigenvalue weighted by Crippen LogP contribution is 2.25. The Labute approximate surface area is 106 Å². The third kappa shape index (κ3) is 3.43. The molecular formula is C13H19FN2O2. The molecule has 1 amide bonds. The quantitative estimate of drug-likeness (QED) is 0.839. The molecule has 0 aromatic heterocycles. The Balaban J connectivity index is 2.86. The zero-order valence-electron chi connectivity index (χ0n) is 10.9. The van der Waals surface area contributed by atoms with Gasteiger partial charge in [-0.25, -0.2) is 4.39 Å². The third-order valence-corrected chi connectivity index (χ3v) is 2.82. The lowest BCUT2D eigenvalue weighted by Crippen LogP contribution is -2.35. The molecule has 3 N–H and O–H groups in total. The van der Waals surface area contributed by atoms with Gasteiger partial charge in [0.05, 0.1) is 13.2 Å². The lowest BCUT2D eigenvalue weighted by atomic mass is 10.1. The van der Waals surface area contributed by atoms with Gasteiger partial charge in [0.2, 0.25) is 5.91 Å².